The Morgan fingerprint density at radius 1 is 1.43 bits per heavy atom. The van der Waals surface area contributed by atoms with Gasteiger partial charge in [-0.2, -0.15) is 0 Å². The van der Waals surface area contributed by atoms with Crippen molar-refractivity contribution in [3.63, 3.8) is 0 Å². The molecule has 3 heteroatoms. The summed E-state index contributed by atoms with van der Waals surface area (Å²) in [6.45, 7) is 3.70. The molecular formula is C11H19NO2. The van der Waals surface area contributed by atoms with E-state index in [4.69, 9.17) is 0 Å². The van der Waals surface area contributed by atoms with Crippen LogP contribution in [0, 0.1) is 17.8 Å². The molecule has 1 N–H and O–H groups in total. The molecule has 0 bridgehead atoms. The molecule has 2 fully saturated rings. The Hall–Kier alpha value is -0.570. The third kappa shape index (κ3) is 1.92. The van der Waals surface area contributed by atoms with Crippen molar-refractivity contribution in [2.75, 3.05) is 19.7 Å². The van der Waals surface area contributed by atoms with Crippen LogP contribution in [0.3, 0.4) is 0 Å². The Kier molecular flexibility index (Phi) is 2.77. The average Bonchev–Trinajstić information content (AvgIpc) is 2.84. The first-order valence-electron chi connectivity index (χ1n) is 5.58. The number of aliphatic hydroxyl groups is 1. The van der Waals surface area contributed by atoms with E-state index in [0.717, 1.165) is 25.4 Å². The van der Waals surface area contributed by atoms with Crippen LogP contribution in [0.4, 0.5) is 0 Å². The fourth-order valence-electron chi connectivity index (χ4n) is 2.63. The van der Waals surface area contributed by atoms with Gasteiger partial charge in [0.25, 0.3) is 0 Å². The summed E-state index contributed by atoms with van der Waals surface area (Å²) >= 11 is 0. The number of hydrogen-bond acceptors (Lipinski definition) is 2. The van der Waals surface area contributed by atoms with Crippen LogP contribution in [0.2, 0.25) is 0 Å². The molecule has 0 aromatic heterocycles. The van der Waals surface area contributed by atoms with Crippen LogP contribution >= 0.6 is 0 Å². The minimum atomic E-state index is 0.181. The van der Waals surface area contributed by atoms with Crippen LogP contribution < -0.4 is 0 Å². The van der Waals surface area contributed by atoms with E-state index >= 15 is 0 Å². The van der Waals surface area contributed by atoms with E-state index in [0.29, 0.717) is 18.4 Å². The lowest BCUT2D eigenvalue weighted by Crippen LogP contribution is -2.28. The molecule has 0 aromatic rings. The smallest absolute Gasteiger partial charge is 0.219 e. The highest BCUT2D eigenvalue weighted by molar-refractivity contribution is 5.73. The molecule has 14 heavy (non-hydrogen) atoms. The second-order valence-corrected chi connectivity index (χ2v) is 4.70. The normalized spacial score (nSPS) is 29.3. The fraction of sp³-hybridized carbons (Fsp3) is 0.909. The Balaban J connectivity index is 1.89. The van der Waals surface area contributed by atoms with Crippen LogP contribution in [-0.2, 0) is 4.79 Å². The van der Waals surface area contributed by atoms with Gasteiger partial charge in [-0.25, -0.2) is 0 Å². The van der Waals surface area contributed by atoms with Gasteiger partial charge in [-0.1, -0.05) is 0 Å². The molecule has 1 aliphatic heterocycles. The first kappa shape index (κ1) is 9.97. The van der Waals surface area contributed by atoms with Crippen LogP contribution in [0.1, 0.15) is 26.2 Å². The van der Waals surface area contributed by atoms with Crippen LogP contribution in [-0.4, -0.2) is 35.6 Å². The highest BCUT2D eigenvalue weighted by atomic mass is 16.3. The summed E-state index contributed by atoms with van der Waals surface area (Å²) in [6.07, 6.45) is 3.64. The van der Waals surface area contributed by atoms with Crippen LogP contribution in [0.25, 0.3) is 0 Å². The molecule has 1 heterocycles. The number of likely N-dealkylation sites (tertiary alicyclic amines) is 1. The van der Waals surface area contributed by atoms with Crippen molar-refractivity contribution in [3.8, 4) is 0 Å². The van der Waals surface area contributed by atoms with Crippen molar-refractivity contribution in [2.24, 2.45) is 17.8 Å². The average molecular weight is 197 g/mol. The Morgan fingerprint density at radius 3 is 2.57 bits per heavy atom. The predicted octanol–water partition coefficient (Wildman–Crippen LogP) is 0.873. The van der Waals surface area contributed by atoms with Crippen LogP contribution in [0.15, 0.2) is 0 Å². The molecule has 1 amide bonds. The predicted molar refractivity (Wildman–Crippen MR) is 53.7 cm³/mol. The molecule has 1 saturated carbocycles. The summed E-state index contributed by atoms with van der Waals surface area (Å²) in [5.41, 5.74) is 0. The van der Waals surface area contributed by atoms with Gasteiger partial charge in [0.2, 0.25) is 5.91 Å². The Labute approximate surface area is 85.1 Å². The standard InChI is InChI=1S/C11H19NO2/c1-8(14)12-5-4-10(6-12)11(7-13)9-2-3-9/h9-11,13H,2-7H2,1H3. The summed E-state index contributed by atoms with van der Waals surface area (Å²) in [5, 5.41) is 9.32. The quantitative estimate of drug-likeness (QED) is 0.729. The third-order valence-electron chi connectivity index (χ3n) is 3.71. The van der Waals surface area contributed by atoms with E-state index in [-0.39, 0.29) is 5.91 Å². The molecule has 1 saturated heterocycles. The van der Waals surface area contributed by atoms with E-state index in [1.165, 1.54) is 12.8 Å². The molecule has 3 nitrogen and oxygen atoms in total. The summed E-state index contributed by atoms with van der Waals surface area (Å²) in [4.78, 5) is 13.1. The van der Waals surface area contributed by atoms with E-state index in [9.17, 15) is 9.90 Å². The molecule has 0 spiro atoms. The second-order valence-electron chi connectivity index (χ2n) is 4.70. The van der Waals surface area contributed by atoms with Gasteiger partial charge in [-0.05, 0) is 37.0 Å². The zero-order chi connectivity index (χ0) is 10.1. The van der Waals surface area contributed by atoms with Crippen molar-refractivity contribution in [1.29, 1.82) is 0 Å². The zero-order valence-corrected chi connectivity index (χ0v) is 8.78. The molecule has 2 unspecified atom stereocenters. The highest BCUT2D eigenvalue weighted by Gasteiger charge is 2.39. The lowest BCUT2D eigenvalue weighted by atomic mass is 9.88. The maximum atomic E-state index is 11.2. The number of nitrogens with zero attached hydrogens (tertiary/aromatic N) is 1. The maximum absolute atomic E-state index is 11.2. The molecule has 80 valence electrons. The minimum absolute atomic E-state index is 0.181. The molecular weight excluding hydrogens is 178 g/mol. The Bertz CT molecular complexity index is 225. The number of rotatable bonds is 3. The van der Waals surface area contributed by atoms with Crippen molar-refractivity contribution >= 4 is 5.91 Å². The largest absolute Gasteiger partial charge is 0.396 e. The van der Waals surface area contributed by atoms with Crippen molar-refractivity contribution in [2.45, 2.75) is 26.2 Å². The maximum Gasteiger partial charge on any atom is 0.219 e. The number of carbonyl (C=O) groups is 1. The molecule has 2 aliphatic rings. The molecule has 1 aliphatic carbocycles. The van der Waals surface area contributed by atoms with Gasteiger partial charge in [0, 0.05) is 26.6 Å². The molecule has 2 rings (SSSR count). The number of amides is 1. The second kappa shape index (κ2) is 3.89. The molecule has 0 radical (unpaired) electrons. The fourth-order valence-corrected chi connectivity index (χ4v) is 2.63. The summed E-state index contributed by atoms with van der Waals surface area (Å²) < 4.78 is 0. The monoisotopic (exact) mass is 197 g/mol. The van der Waals surface area contributed by atoms with E-state index < -0.39 is 0 Å². The highest BCUT2D eigenvalue weighted by Crippen LogP contribution is 2.42. The van der Waals surface area contributed by atoms with Gasteiger partial charge < -0.3 is 10.0 Å². The lowest BCUT2D eigenvalue weighted by molar-refractivity contribution is -0.128. The van der Waals surface area contributed by atoms with Gasteiger partial charge in [-0.3, -0.25) is 4.79 Å². The number of hydrogen-bond donors (Lipinski definition) is 1. The van der Waals surface area contributed by atoms with Gasteiger partial charge >= 0.3 is 0 Å². The number of carbonyl (C=O) groups excluding carboxylic acids is 1. The molecule has 2 atom stereocenters. The van der Waals surface area contributed by atoms with E-state index in [2.05, 4.69) is 0 Å². The number of aliphatic hydroxyl groups excluding tert-OH is 1. The summed E-state index contributed by atoms with van der Waals surface area (Å²) in [7, 11) is 0. The van der Waals surface area contributed by atoms with E-state index in [1.54, 1.807) is 6.92 Å². The topological polar surface area (TPSA) is 40.5 Å². The lowest BCUT2D eigenvalue weighted by Gasteiger charge is -2.21. The Morgan fingerprint density at radius 2 is 2.14 bits per heavy atom. The minimum Gasteiger partial charge on any atom is -0.396 e. The van der Waals surface area contributed by atoms with Crippen molar-refractivity contribution < 1.29 is 9.90 Å². The van der Waals surface area contributed by atoms with Crippen molar-refractivity contribution in [3.05, 3.63) is 0 Å². The van der Waals surface area contributed by atoms with Crippen LogP contribution in [0.5, 0.6) is 0 Å². The first-order valence-corrected chi connectivity index (χ1v) is 5.58. The molecule has 0 aromatic carbocycles. The SMILES string of the molecule is CC(=O)N1CCC(C(CO)C2CC2)C1. The van der Waals surface area contributed by atoms with E-state index in [1.807, 2.05) is 4.90 Å². The third-order valence-corrected chi connectivity index (χ3v) is 3.71. The van der Waals surface area contributed by atoms with Gasteiger partial charge in [-0.15, -0.1) is 0 Å². The first-order chi connectivity index (χ1) is 6.72. The van der Waals surface area contributed by atoms with Gasteiger partial charge in [0.1, 0.15) is 0 Å². The van der Waals surface area contributed by atoms with Gasteiger partial charge in [0.15, 0.2) is 0 Å². The summed E-state index contributed by atoms with van der Waals surface area (Å²) in [5.74, 6) is 1.94. The van der Waals surface area contributed by atoms with Crippen molar-refractivity contribution in [1.82, 2.24) is 4.90 Å². The zero-order valence-electron chi connectivity index (χ0n) is 8.78. The summed E-state index contributed by atoms with van der Waals surface area (Å²) in [6, 6.07) is 0. The van der Waals surface area contributed by atoms with Gasteiger partial charge in [0.05, 0.1) is 0 Å².